The molecule has 0 saturated heterocycles. The summed E-state index contributed by atoms with van der Waals surface area (Å²) < 4.78 is 4.86. The Morgan fingerprint density at radius 3 is 2.45 bits per heavy atom. The molecular weight excluding hydrogens is 327 g/mol. The molecule has 0 bridgehead atoms. The van der Waals surface area contributed by atoms with E-state index in [1.54, 1.807) is 25.1 Å². The van der Waals surface area contributed by atoms with Crippen LogP contribution in [0.1, 0.15) is 25.5 Å². The van der Waals surface area contributed by atoms with Crippen LogP contribution in [0.5, 0.6) is 0 Å². The van der Waals surface area contributed by atoms with Crippen LogP contribution in [0.25, 0.3) is 0 Å². The molecule has 22 heavy (non-hydrogen) atoms. The van der Waals surface area contributed by atoms with Crippen molar-refractivity contribution in [3.63, 3.8) is 0 Å². The predicted molar refractivity (Wildman–Crippen MR) is 84.8 cm³/mol. The second kappa shape index (κ2) is 6.58. The highest BCUT2D eigenvalue weighted by molar-refractivity contribution is 6.36. The summed E-state index contributed by atoms with van der Waals surface area (Å²) in [4.78, 5) is 25.9. The number of methoxy groups -OCH3 is 1. The molecule has 1 N–H and O–H groups in total. The van der Waals surface area contributed by atoms with Crippen molar-refractivity contribution in [1.29, 1.82) is 0 Å². The summed E-state index contributed by atoms with van der Waals surface area (Å²) in [6.45, 7) is 3.95. The third kappa shape index (κ3) is 2.78. The molecule has 5 nitrogen and oxygen atoms in total. The highest BCUT2D eigenvalue weighted by Gasteiger charge is 2.37. The molecule has 1 aliphatic heterocycles. The zero-order chi connectivity index (χ0) is 16.4. The average Bonchev–Trinajstić information content (AvgIpc) is 2.46. The van der Waals surface area contributed by atoms with Gasteiger partial charge in [0.1, 0.15) is 0 Å². The summed E-state index contributed by atoms with van der Waals surface area (Å²) in [5.74, 6) is -0.531. The zero-order valence-corrected chi connectivity index (χ0v) is 14.0. The van der Waals surface area contributed by atoms with Crippen molar-refractivity contribution in [3.8, 4) is 0 Å². The molecule has 2 rings (SSSR count). The summed E-state index contributed by atoms with van der Waals surface area (Å²) in [7, 11) is 1.29. The van der Waals surface area contributed by atoms with Crippen molar-refractivity contribution in [3.05, 3.63) is 45.1 Å². The number of benzene rings is 1. The van der Waals surface area contributed by atoms with Gasteiger partial charge in [-0.3, -0.25) is 4.90 Å². The van der Waals surface area contributed by atoms with Crippen LogP contribution in [0.2, 0.25) is 10.0 Å². The number of urea groups is 1. The van der Waals surface area contributed by atoms with Crippen molar-refractivity contribution < 1.29 is 14.3 Å². The van der Waals surface area contributed by atoms with Gasteiger partial charge in [0, 0.05) is 27.9 Å². The van der Waals surface area contributed by atoms with E-state index in [4.69, 9.17) is 27.9 Å². The van der Waals surface area contributed by atoms with Crippen LogP contribution in [0.3, 0.4) is 0 Å². The first-order valence-corrected chi connectivity index (χ1v) is 7.49. The molecule has 0 fully saturated rings. The number of hydrogen-bond donors (Lipinski definition) is 1. The van der Waals surface area contributed by atoms with E-state index in [9.17, 15) is 9.59 Å². The predicted octanol–water partition coefficient (Wildman–Crippen LogP) is 3.53. The molecule has 118 valence electrons. The summed E-state index contributed by atoms with van der Waals surface area (Å²) >= 11 is 12.4. The van der Waals surface area contributed by atoms with Gasteiger partial charge in [0.2, 0.25) is 0 Å². The maximum atomic E-state index is 12.2. The minimum atomic E-state index is -0.746. The quantitative estimate of drug-likeness (QED) is 0.855. The molecule has 1 aromatic rings. The standard InChI is InChI=1S/C15H16Cl2N2O3/c1-4-19-8(2)11(14(20)22-3)13(18-15(19)21)12-9(16)6-5-7-10(12)17/h5-7,13H,4H2,1-3H3,(H,18,21)/t13-/m1/s1. The van der Waals surface area contributed by atoms with Crippen molar-refractivity contribution in [2.75, 3.05) is 13.7 Å². The number of halogens is 2. The van der Waals surface area contributed by atoms with E-state index in [1.807, 2.05) is 6.92 Å². The number of carbonyl (C=O) groups is 2. The monoisotopic (exact) mass is 342 g/mol. The SMILES string of the molecule is CCN1C(=O)N[C@@H](c2c(Cl)cccc2Cl)C(C(=O)OC)=C1C. The Morgan fingerprint density at radius 2 is 1.95 bits per heavy atom. The topological polar surface area (TPSA) is 58.6 Å². The highest BCUT2D eigenvalue weighted by Crippen LogP contribution is 2.38. The lowest BCUT2D eigenvalue weighted by Gasteiger charge is -2.35. The number of amides is 2. The highest BCUT2D eigenvalue weighted by atomic mass is 35.5. The van der Waals surface area contributed by atoms with Crippen LogP contribution < -0.4 is 5.32 Å². The van der Waals surface area contributed by atoms with E-state index < -0.39 is 12.0 Å². The Kier molecular flexibility index (Phi) is 4.98. The second-order valence-corrected chi connectivity index (χ2v) is 5.57. The fraction of sp³-hybridized carbons (Fsp3) is 0.333. The normalized spacial score (nSPS) is 18.3. The van der Waals surface area contributed by atoms with E-state index in [-0.39, 0.29) is 6.03 Å². The molecule has 0 saturated carbocycles. The molecular formula is C15H16Cl2N2O3. The Morgan fingerprint density at radius 1 is 1.36 bits per heavy atom. The third-order valence-electron chi connectivity index (χ3n) is 3.61. The van der Waals surface area contributed by atoms with Crippen LogP contribution >= 0.6 is 23.2 Å². The van der Waals surface area contributed by atoms with Crippen LogP contribution in [-0.2, 0) is 9.53 Å². The number of carbonyl (C=O) groups excluding carboxylic acids is 2. The Labute approximate surface area is 138 Å². The summed E-state index contributed by atoms with van der Waals surface area (Å²) in [6.07, 6.45) is 0. The molecule has 1 aliphatic rings. The first-order chi connectivity index (χ1) is 10.4. The summed E-state index contributed by atoms with van der Waals surface area (Å²) in [5.41, 5.74) is 1.33. The number of esters is 1. The van der Waals surface area contributed by atoms with Gasteiger partial charge >= 0.3 is 12.0 Å². The van der Waals surface area contributed by atoms with Gasteiger partial charge in [0.05, 0.1) is 18.7 Å². The van der Waals surface area contributed by atoms with Gasteiger partial charge in [-0.05, 0) is 26.0 Å². The fourth-order valence-electron chi connectivity index (χ4n) is 2.54. The number of allylic oxidation sites excluding steroid dienone is 1. The number of nitrogens with one attached hydrogen (secondary N) is 1. The van der Waals surface area contributed by atoms with Gasteiger partial charge in [0.15, 0.2) is 0 Å². The molecule has 2 amide bonds. The largest absolute Gasteiger partial charge is 0.466 e. The van der Waals surface area contributed by atoms with E-state index in [2.05, 4.69) is 5.32 Å². The molecule has 7 heteroatoms. The number of nitrogens with zero attached hydrogens (tertiary/aromatic N) is 1. The van der Waals surface area contributed by atoms with E-state index in [0.29, 0.717) is 33.4 Å². The average molecular weight is 343 g/mol. The van der Waals surface area contributed by atoms with Crippen LogP contribution in [-0.4, -0.2) is 30.6 Å². The molecule has 1 atom stereocenters. The van der Waals surface area contributed by atoms with Gasteiger partial charge in [-0.25, -0.2) is 9.59 Å². The molecule has 1 heterocycles. The van der Waals surface area contributed by atoms with Crippen LogP contribution in [0.4, 0.5) is 4.79 Å². The molecule has 0 aromatic heterocycles. The van der Waals surface area contributed by atoms with Gasteiger partial charge in [-0.15, -0.1) is 0 Å². The van der Waals surface area contributed by atoms with Gasteiger partial charge in [0.25, 0.3) is 0 Å². The minimum absolute atomic E-state index is 0.311. The van der Waals surface area contributed by atoms with Crippen molar-refractivity contribution >= 4 is 35.2 Å². The minimum Gasteiger partial charge on any atom is -0.466 e. The summed E-state index contributed by atoms with van der Waals surface area (Å²) in [6, 6.07) is 3.96. The Balaban J connectivity index is 2.66. The lowest BCUT2D eigenvalue weighted by Crippen LogP contribution is -2.48. The van der Waals surface area contributed by atoms with Gasteiger partial charge in [-0.2, -0.15) is 0 Å². The van der Waals surface area contributed by atoms with Crippen LogP contribution in [0, 0.1) is 0 Å². The second-order valence-electron chi connectivity index (χ2n) is 4.75. The molecule has 0 unspecified atom stereocenters. The number of ether oxygens (including phenoxy) is 1. The van der Waals surface area contributed by atoms with Crippen LogP contribution in [0.15, 0.2) is 29.5 Å². The van der Waals surface area contributed by atoms with Gasteiger partial charge < -0.3 is 10.1 Å². The lowest BCUT2D eigenvalue weighted by molar-refractivity contribution is -0.136. The van der Waals surface area contributed by atoms with E-state index >= 15 is 0 Å². The zero-order valence-electron chi connectivity index (χ0n) is 12.4. The molecule has 0 radical (unpaired) electrons. The van der Waals surface area contributed by atoms with Gasteiger partial charge in [-0.1, -0.05) is 29.3 Å². The van der Waals surface area contributed by atoms with Crippen molar-refractivity contribution in [2.45, 2.75) is 19.9 Å². The van der Waals surface area contributed by atoms with Crippen molar-refractivity contribution in [1.82, 2.24) is 10.2 Å². The van der Waals surface area contributed by atoms with E-state index in [1.165, 1.54) is 12.0 Å². The number of hydrogen-bond acceptors (Lipinski definition) is 3. The van der Waals surface area contributed by atoms with E-state index in [0.717, 1.165) is 0 Å². The first-order valence-electron chi connectivity index (χ1n) is 6.73. The molecule has 0 aliphatic carbocycles. The maximum Gasteiger partial charge on any atom is 0.337 e. The maximum absolute atomic E-state index is 12.2. The van der Waals surface area contributed by atoms with Crippen molar-refractivity contribution in [2.24, 2.45) is 0 Å². The Bertz CT molecular complexity index is 638. The fourth-order valence-corrected chi connectivity index (χ4v) is 3.16. The molecule has 1 aromatic carbocycles. The lowest BCUT2D eigenvalue weighted by atomic mass is 9.94. The third-order valence-corrected chi connectivity index (χ3v) is 4.27. The Hall–Kier alpha value is -1.72. The molecule has 0 spiro atoms. The number of rotatable bonds is 3. The first kappa shape index (κ1) is 16.6. The smallest absolute Gasteiger partial charge is 0.337 e. The summed E-state index contributed by atoms with van der Waals surface area (Å²) in [5, 5.41) is 3.51.